The van der Waals surface area contributed by atoms with Crippen LogP contribution < -0.4 is 5.73 Å². The summed E-state index contributed by atoms with van der Waals surface area (Å²) in [4.78, 5) is 3.10. The Labute approximate surface area is 96.0 Å². The van der Waals surface area contributed by atoms with Crippen LogP contribution in [0.5, 0.6) is 0 Å². The lowest BCUT2D eigenvalue weighted by molar-refractivity contribution is 0.433. The average Bonchev–Trinajstić information content (AvgIpc) is 2.84. The molecular weight excluding hydrogens is 226 g/mol. The topological polar surface area (TPSA) is 67.8 Å². The molecule has 0 spiro atoms. The molecule has 0 aliphatic rings. The Morgan fingerprint density at radius 1 is 1.38 bits per heavy atom. The van der Waals surface area contributed by atoms with Crippen LogP contribution in [-0.4, -0.2) is 10.1 Å². The molecule has 0 bridgehead atoms. The zero-order chi connectivity index (χ0) is 11.1. The van der Waals surface area contributed by atoms with E-state index in [-0.39, 0.29) is 0 Å². The molecule has 80 valence electrons. The van der Waals surface area contributed by atoms with Crippen molar-refractivity contribution in [3.63, 3.8) is 0 Å². The van der Waals surface area contributed by atoms with Gasteiger partial charge in [0, 0.05) is 17.1 Å². The number of benzene rings is 1. The third-order valence-corrected chi connectivity index (χ3v) is 2.82. The number of nitrogens with two attached hydrogens (primary N) is 1. The van der Waals surface area contributed by atoms with Crippen molar-refractivity contribution in [1.82, 2.24) is 10.1 Å². The zero-order valence-electron chi connectivity index (χ0n) is 8.20. The predicted octanol–water partition coefficient (Wildman–Crippen LogP) is 3.06. The van der Waals surface area contributed by atoms with E-state index in [1.165, 1.54) is 6.20 Å². The first kappa shape index (κ1) is 9.30. The molecule has 0 saturated heterocycles. The molecule has 1 aromatic carbocycles. The maximum Gasteiger partial charge on any atom is 0.191 e. The predicted molar refractivity (Wildman–Crippen MR) is 63.2 cm³/mol. The molecule has 4 nitrogen and oxygen atoms in total. The maximum atomic E-state index is 6.06. The van der Waals surface area contributed by atoms with Gasteiger partial charge in [-0.2, -0.15) is 0 Å². The van der Waals surface area contributed by atoms with Gasteiger partial charge in [-0.15, -0.1) is 0 Å². The molecule has 0 saturated carbocycles. The van der Waals surface area contributed by atoms with E-state index in [1.807, 2.05) is 24.4 Å². The van der Waals surface area contributed by atoms with Gasteiger partial charge in [-0.25, -0.2) is 0 Å². The van der Waals surface area contributed by atoms with E-state index >= 15 is 0 Å². The van der Waals surface area contributed by atoms with Gasteiger partial charge in [0.1, 0.15) is 5.69 Å². The Bertz CT molecular complexity index is 656. The molecule has 0 fully saturated rings. The summed E-state index contributed by atoms with van der Waals surface area (Å²) in [5.74, 6) is 0.563. The highest BCUT2D eigenvalue weighted by Gasteiger charge is 2.13. The molecule has 2 aromatic heterocycles. The van der Waals surface area contributed by atoms with E-state index in [0.29, 0.717) is 16.5 Å². The summed E-state index contributed by atoms with van der Waals surface area (Å²) in [5, 5.41) is 5.30. The first-order chi connectivity index (χ1) is 7.77. The maximum absolute atomic E-state index is 6.06. The second kappa shape index (κ2) is 3.28. The van der Waals surface area contributed by atoms with Crippen LogP contribution in [0.2, 0.25) is 5.02 Å². The molecule has 0 aliphatic heterocycles. The highest BCUT2D eigenvalue weighted by Crippen LogP contribution is 2.34. The third kappa shape index (κ3) is 1.20. The van der Waals surface area contributed by atoms with Crippen LogP contribution in [0.1, 0.15) is 0 Å². The standard InChI is InChI=1S/C11H8ClN3O/c12-8-3-1-2-6-7(4-14-10(6)8)11-9(13)5-15-16-11/h1-5,14H,13H2. The SMILES string of the molecule is Nc1cnoc1-c1c[nH]c2c(Cl)cccc12. The molecule has 3 N–H and O–H groups in total. The van der Waals surface area contributed by atoms with E-state index in [2.05, 4.69) is 10.1 Å². The normalized spacial score (nSPS) is 11.1. The van der Waals surface area contributed by atoms with Crippen molar-refractivity contribution in [2.75, 3.05) is 5.73 Å². The van der Waals surface area contributed by atoms with Gasteiger partial charge in [-0.1, -0.05) is 28.9 Å². The lowest BCUT2D eigenvalue weighted by Crippen LogP contribution is -1.83. The van der Waals surface area contributed by atoms with E-state index in [9.17, 15) is 0 Å². The van der Waals surface area contributed by atoms with Crippen molar-refractivity contribution in [3.05, 3.63) is 35.6 Å². The molecule has 0 aliphatic carbocycles. The molecule has 0 amide bonds. The van der Waals surface area contributed by atoms with Gasteiger partial charge in [-0.05, 0) is 6.07 Å². The number of para-hydroxylation sites is 1. The Morgan fingerprint density at radius 3 is 3.00 bits per heavy atom. The van der Waals surface area contributed by atoms with Crippen molar-refractivity contribution >= 4 is 28.2 Å². The summed E-state index contributed by atoms with van der Waals surface area (Å²) < 4.78 is 5.12. The minimum atomic E-state index is 0.515. The van der Waals surface area contributed by atoms with Crippen molar-refractivity contribution < 1.29 is 4.52 Å². The number of nitrogens with one attached hydrogen (secondary N) is 1. The van der Waals surface area contributed by atoms with Crippen molar-refractivity contribution in [2.24, 2.45) is 0 Å². The lowest BCUT2D eigenvalue weighted by Gasteiger charge is -1.96. The van der Waals surface area contributed by atoms with E-state index < -0.39 is 0 Å². The van der Waals surface area contributed by atoms with Crippen LogP contribution in [0.3, 0.4) is 0 Å². The molecule has 0 radical (unpaired) electrons. The number of H-pyrrole nitrogens is 1. The number of hydrogen-bond donors (Lipinski definition) is 2. The third-order valence-electron chi connectivity index (χ3n) is 2.51. The van der Waals surface area contributed by atoms with Gasteiger partial charge < -0.3 is 15.2 Å². The van der Waals surface area contributed by atoms with Crippen LogP contribution in [0.4, 0.5) is 5.69 Å². The molecule has 16 heavy (non-hydrogen) atoms. The Morgan fingerprint density at radius 2 is 2.25 bits per heavy atom. The monoisotopic (exact) mass is 233 g/mol. The zero-order valence-corrected chi connectivity index (χ0v) is 8.95. The van der Waals surface area contributed by atoms with Gasteiger partial charge >= 0.3 is 0 Å². The number of rotatable bonds is 1. The Balaban J connectivity index is 2.34. The van der Waals surface area contributed by atoms with Gasteiger partial charge in [0.15, 0.2) is 5.76 Å². The van der Waals surface area contributed by atoms with Crippen LogP contribution in [0, 0.1) is 0 Å². The highest BCUT2D eigenvalue weighted by molar-refractivity contribution is 6.35. The minimum Gasteiger partial charge on any atom is -0.394 e. The highest BCUT2D eigenvalue weighted by atomic mass is 35.5. The fraction of sp³-hybridized carbons (Fsp3) is 0. The largest absolute Gasteiger partial charge is 0.394 e. The van der Waals surface area contributed by atoms with Crippen molar-refractivity contribution in [2.45, 2.75) is 0 Å². The first-order valence-corrected chi connectivity index (χ1v) is 5.11. The van der Waals surface area contributed by atoms with E-state index in [0.717, 1.165) is 16.5 Å². The summed E-state index contributed by atoms with van der Waals surface area (Å²) >= 11 is 6.06. The smallest absolute Gasteiger partial charge is 0.191 e. The van der Waals surface area contributed by atoms with Gasteiger partial charge in [-0.3, -0.25) is 0 Å². The second-order valence-electron chi connectivity index (χ2n) is 3.48. The number of aromatic nitrogens is 2. The summed E-state index contributed by atoms with van der Waals surface area (Å²) in [6.45, 7) is 0. The van der Waals surface area contributed by atoms with Crippen molar-refractivity contribution in [1.29, 1.82) is 0 Å². The number of halogens is 1. The Kier molecular flexibility index (Phi) is 1.91. The quantitative estimate of drug-likeness (QED) is 0.679. The summed E-state index contributed by atoms with van der Waals surface area (Å²) in [6, 6.07) is 5.66. The number of nitrogen functional groups attached to an aromatic ring is 1. The van der Waals surface area contributed by atoms with Crippen LogP contribution in [0.15, 0.2) is 35.1 Å². The van der Waals surface area contributed by atoms with Gasteiger partial charge in [0.25, 0.3) is 0 Å². The molecule has 3 aromatic rings. The number of nitrogens with zero attached hydrogens (tertiary/aromatic N) is 1. The molecule has 2 heterocycles. The fourth-order valence-electron chi connectivity index (χ4n) is 1.76. The van der Waals surface area contributed by atoms with Crippen LogP contribution in [-0.2, 0) is 0 Å². The summed E-state index contributed by atoms with van der Waals surface area (Å²) in [5.41, 5.74) is 8.01. The molecule has 0 atom stereocenters. The number of hydrogen-bond acceptors (Lipinski definition) is 3. The second-order valence-corrected chi connectivity index (χ2v) is 3.88. The summed E-state index contributed by atoms with van der Waals surface area (Å²) in [7, 11) is 0. The number of aromatic amines is 1. The fourth-order valence-corrected chi connectivity index (χ4v) is 1.99. The number of anilines is 1. The van der Waals surface area contributed by atoms with E-state index in [4.69, 9.17) is 21.9 Å². The molecule has 3 rings (SSSR count). The van der Waals surface area contributed by atoms with Crippen LogP contribution in [0.25, 0.3) is 22.2 Å². The Hall–Kier alpha value is -1.94. The van der Waals surface area contributed by atoms with Gasteiger partial charge in [0.2, 0.25) is 0 Å². The molecule has 5 heteroatoms. The lowest BCUT2D eigenvalue weighted by atomic mass is 10.1. The number of fused-ring (bicyclic) bond motifs is 1. The van der Waals surface area contributed by atoms with Crippen LogP contribution >= 0.6 is 11.6 Å². The van der Waals surface area contributed by atoms with Gasteiger partial charge in [0.05, 0.1) is 16.7 Å². The average molecular weight is 234 g/mol. The minimum absolute atomic E-state index is 0.515. The molecule has 0 unspecified atom stereocenters. The van der Waals surface area contributed by atoms with E-state index in [1.54, 1.807) is 0 Å². The molecular formula is C11H8ClN3O. The van der Waals surface area contributed by atoms with Crippen molar-refractivity contribution in [3.8, 4) is 11.3 Å². The summed E-state index contributed by atoms with van der Waals surface area (Å²) in [6.07, 6.45) is 3.30. The first-order valence-electron chi connectivity index (χ1n) is 4.73.